The molecule has 0 saturated carbocycles. The van der Waals surface area contributed by atoms with Crippen molar-refractivity contribution in [3.05, 3.63) is 70.2 Å². The Bertz CT molecular complexity index is 510. The number of aliphatic hydroxyl groups is 1. The average Bonchev–Trinajstić information content (AvgIpc) is 2.39. The van der Waals surface area contributed by atoms with Crippen molar-refractivity contribution in [2.24, 2.45) is 0 Å². The minimum absolute atomic E-state index is 0.632. The smallest absolute Gasteiger partial charge is 0.0934 e. The van der Waals surface area contributed by atoms with E-state index in [4.69, 9.17) is 0 Å². The van der Waals surface area contributed by atoms with Gasteiger partial charge in [-0.3, -0.25) is 0 Å². The van der Waals surface area contributed by atoms with Crippen LogP contribution < -0.4 is 0 Å². The molecule has 0 aliphatic rings. The minimum atomic E-state index is -0.790. The van der Waals surface area contributed by atoms with Gasteiger partial charge in [-0.05, 0) is 29.7 Å². The van der Waals surface area contributed by atoms with Crippen molar-refractivity contribution in [2.45, 2.75) is 25.4 Å². The van der Waals surface area contributed by atoms with Gasteiger partial charge >= 0.3 is 0 Å². The molecule has 2 aromatic rings. The van der Waals surface area contributed by atoms with E-state index in [0.717, 1.165) is 15.6 Å². The van der Waals surface area contributed by atoms with Crippen LogP contribution in [0.15, 0.2) is 59.1 Å². The summed E-state index contributed by atoms with van der Waals surface area (Å²) in [5.41, 5.74) is 1.33. The van der Waals surface area contributed by atoms with Crippen LogP contribution in [0.3, 0.4) is 0 Å². The average molecular weight is 305 g/mol. The fraction of sp³-hybridized carbons (Fsp3) is 0.250. The molecule has 0 spiro atoms. The highest BCUT2D eigenvalue weighted by molar-refractivity contribution is 9.10. The topological polar surface area (TPSA) is 20.2 Å². The van der Waals surface area contributed by atoms with E-state index in [1.807, 2.05) is 55.5 Å². The van der Waals surface area contributed by atoms with Crippen molar-refractivity contribution in [3.8, 4) is 0 Å². The zero-order valence-electron chi connectivity index (χ0n) is 10.4. The molecule has 2 heteroatoms. The van der Waals surface area contributed by atoms with E-state index < -0.39 is 5.60 Å². The Labute approximate surface area is 117 Å². The van der Waals surface area contributed by atoms with Gasteiger partial charge in [0.05, 0.1) is 5.60 Å². The zero-order chi connectivity index (χ0) is 13.0. The first-order chi connectivity index (χ1) is 8.64. The second-order valence-corrected chi connectivity index (χ2v) is 5.47. The van der Waals surface area contributed by atoms with Crippen LogP contribution in [0.5, 0.6) is 0 Å². The van der Waals surface area contributed by atoms with Crippen LogP contribution in [-0.2, 0) is 12.0 Å². The number of hydrogen-bond donors (Lipinski definition) is 1. The molecular formula is C16H17BrO. The normalized spacial score (nSPS) is 14.2. The maximum absolute atomic E-state index is 10.8. The highest BCUT2D eigenvalue weighted by Crippen LogP contribution is 2.29. The second kappa shape index (κ2) is 5.68. The molecule has 0 aliphatic heterocycles. The van der Waals surface area contributed by atoms with Crippen LogP contribution in [0.2, 0.25) is 0 Å². The van der Waals surface area contributed by atoms with Crippen LogP contribution in [0.1, 0.15) is 24.5 Å². The van der Waals surface area contributed by atoms with Crippen molar-refractivity contribution >= 4 is 15.9 Å². The van der Waals surface area contributed by atoms with Gasteiger partial charge in [0.15, 0.2) is 0 Å². The molecule has 0 aliphatic carbocycles. The molecule has 94 valence electrons. The quantitative estimate of drug-likeness (QED) is 0.893. The first-order valence-corrected chi connectivity index (χ1v) is 6.96. The van der Waals surface area contributed by atoms with Crippen LogP contribution in [0.25, 0.3) is 0 Å². The number of hydrogen-bond acceptors (Lipinski definition) is 1. The van der Waals surface area contributed by atoms with Crippen LogP contribution in [0.4, 0.5) is 0 Å². The van der Waals surface area contributed by atoms with E-state index >= 15 is 0 Å². The summed E-state index contributed by atoms with van der Waals surface area (Å²) in [6.45, 7) is 2.02. The number of rotatable bonds is 4. The summed E-state index contributed by atoms with van der Waals surface area (Å²) in [7, 11) is 0. The Morgan fingerprint density at radius 2 is 1.78 bits per heavy atom. The van der Waals surface area contributed by atoms with Gasteiger partial charge in [0.25, 0.3) is 0 Å². The lowest BCUT2D eigenvalue weighted by Crippen LogP contribution is -2.27. The molecule has 1 unspecified atom stereocenters. The Kier molecular flexibility index (Phi) is 4.20. The van der Waals surface area contributed by atoms with Gasteiger partial charge < -0.3 is 5.11 Å². The third kappa shape index (κ3) is 3.01. The Morgan fingerprint density at radius 1 is 1.06 bits per heavy atom. The lowest BCUT2D eigenvalue weighted by atomic mass is 9.85. The number of benzene rings is 2. The fourth-order valence-corrected chi connectivity index (χ4v) is 2.61. The standard InChI is InChI=1S/C16H17BrO/c1-2-16(18,14-8-4-3-5-9-14)12-13-7-6-10-15(17)11-13/h3-11,18H,2,12H2,1H3. The van der Waals surface area contributed by atoms with Crippen molar-refractivity contribution in [1.82, 2.24) is 0 Å². The molecule has 0 saturated heterocycles. The monoisotopic (exact) mass is 304 g/mol. The van der Waals surface area contributed by atoms with E-state index in [2.05, 4.69) is 22.0 Å². The Balaban J connectivity index is 2.29. The largest absolute Gasteiger partial charge is 0.385 e. The third-order valence-electron chi connectivity index (χ3n) is 3.28. The van der Waals surface area contributed by atoms with Gasteiger partial charge in [-0.15, -0.1) is 0 Å². The van der Waals surface area contributed by atoms with E-state index in [0.29, 0.717) is 12.8 Å². The summed E-state index contributed by atoms with van der Waals surface area (Å²) < 4.78 is 1.05. The molecule has 2 rings (SSSR count). The van der Waals surface area contributed by atoms with E-state index in [1.54, 1.807) is 0 Å². The van der Waals surface area contributed by atoms with Crippen molar-refractivity contribution in [3.63, 3.8) is 0 Å². The molecule has 18 heavy (non-hydrogen) atoms. The molecule has 1 nitrogen and oxygen atoms in total. The van der Waals surface area contributed by atoms with E-state index in [1.165, 1.54) is 0 Å². The predicted molar refractivity (Wildman–Crippen MR) is 78.5 cm³/mol. The minimum Gasteiger partial charge on any atom is -0.385 e. The fourth-order valence-electron chi connectivity index (χ4n) is 2.16. The summed E-state index contributed by atoms with van der Waals surface area (Å²) in [4.78, 5) is 0. The van der Waals surface area contributed by atoms with Crippen molar-refractivity contribution in [2.75, 3.05) is 0 Å². The SMILES string of the molecule is CCC(O)(Cc1cccc(Br)c1)c1ccccc1. The molecular weight excluding hydrogens is 288 g/mol. The molecule has 0 bridgehead atoms. The van der Waals surface area contributed by atoms with Crippen LogP contribution >= 0.6 is 15.9 Å². The molecule has 1 N–H and O–H groups in total. The highest BCUT2D eigenvalue weighted by atomic mass is 79.9. The van der Waals surface area contributed by atoms with Crippen molar-refractivity contribution < 1.29 is 5.11 Å². The van der Waals surface area contributed by atoms with E-state index in [9.17, 15) is 5.11 Å². The lowest BCUT2D eigenvalue weighted by Gasteiger charge is -2.27. The summed E-state index contributed by atoms with van der Waals surface area (Å²) in [5.74, 6) is 0. The summed E-state index contributed by atoms with van der Waals surface area (Å²) in [6.07, 6.45) is 1.33. The molecule has 0 aromatic heterocycles. The predicted octanol–water partition coefficient (Wildman–Crippen LogP) is 4.29. The van der Waals surface area contributed by atoms with Gasteiger partial charge in [-0.25, -0.2) is 0 Å². The first-order valence-electron chi connectivity index (χ1n) is 6.16. The Hall–Kier alpha value is -1.12. The molecule has 0 fully saturated rings. The zero-order valence-corrected chi connectivity index (χ0v) is 12.0. The summed E-state index contributed by atoms with van der Waals surface area (Å²) in [5, 5.41) is 10.8. The molecule has 2 aromatic carbocycles. The van der Waals surface area contributed by atoms with Gasteiger partial charge in [0.1, 0.15) is 0 Å². The van der Waals surface area contributed by atoms with Gasteiger partial charge in [0, 0.05) is 10.9 Å². The van der Waals surface area contributed by atoms with Crippen LogP contribution in [0, 0.1) is 0 Å². The third-order valence-corrected chi connectivity index (χ3v) is 3.77. The van der Waals surface area contributed by atoms with Gasteiger partial charge in [-0.1, -0.05) is 65.3 Å². The molecule has 0 amide bonds. The maximum Gasteiger partial charge on any atom is 0.0934 e. The lowest BCUT2D eigenvalue weighted by molar-refractivity contribution is 0.0327. The second-order valence-electron chi connectivity index (χ2n) is 4.56. The highest BCUT2D eigenvalue weighted by Gasteiger charge is 2.27. The summed E-state index contributed by atoms with van der Waals surface area (Å²) >= 11 is 3.47. The maximum atomic E-state index is 10.8. The van der Waals surface area contributed by atoms with Gasteiger partial charge in [-0.2, -0.15) is 0 Å². The summed E-state index contributed by atoms with van der Waals surface area (Å²) in [6, 6.07) is 18.0. The molecule has 1 atom stereocenters. The first kappa shape index (κ1) is 13.3. The van der Waals surface area contributed by atoms with Crippen molar-refractivity contribution in [1.29, 1.82) is 0 Å². The van der Waals surface area contributed by atoms with Gasteiger partial charge in [0.2, 0.25) is 0 Å². The molecule has 0 radical (unpaired) electrons. The Morgan fingerprint density at radius 3 is 2.39 bits per heavy atom. The van der Waals surface area contributed by atoms with E-state index in [-0.39, 0.29) is 0 Å². The molecule has 0 heterocycles. The van der Waals surface area contributed by atoms with Crippen LogP contribution in [-0.4, -0.2) is 5.11 Å². The number of halogens is 1.